The summed E-state index contributed by atoms with van der Waals surface area (Å²) in [6, 6.07) is 10.3. The minimum atomic E-state index is -1.04. The zero-order chi connectivity index (χ0) is 14.7. The largest absolute Gasteiger partial charge is 0.478 e. The van der Waals surface area contributed by atoms with Crippen LogP contribution in [0.25, 0.3) is 0 Å². The van der Waals surface area contributed by atoms with E-state index in [-0.39, 0.29) is 11.3 Å². The minimum absolute atomic E-state index is 0.0977. The van der Waals surface area contributed by atoms with E-state index >= 15 is 0 Å². The smallest absolute Gasteiger partial charge is 0.340 e. The molecule has 0 fully saturated rings. The van der Waals surface area contributed by atoms with Gasteiger partial charge in [-0.25, -0.2) is 4.79 Å². The number of ether oxygens (including phenoxy) is 1. The second-order valence-corrected chi connectivity index (χ2v) is 5.39. The van der Waals surface area contributed by atoms with Crippen molar-refractivity contribution in [2.45, 2.75) is 13.3 Å². The Hall–Kier alpha value is -1.52. The molecule has 1 N–H and O–H groups in total. The average molecular weight is 356 g/mol. The molecule has 2 aromatic rings. The van der Waals surface area contributed by atoms with Gasteiger partial charge in [-0.2, -0.15) is 0 Å². The number of hydrogen-bond donors (Lipinski definition) is 1. The summed E-state index contributed by atoms with van der Waals surface area (Å²) in [7, 11) is 0. The molecule has 5 heteroatoms. The Balaban J connectivity index is 2.40. The molecule has 0 radical (unpaired) electrons. The lowest BCUT2D eigenvalue weighted by Gasteiger charge is -2.11. The zero-order valence-electron chi connectivity index (χ0n) is 10.7. The summed E-state index contributed by atoms with van der Waals surface area (Å²) in [6.45, 7) is 1.99. The van der Waals surface area contributed by atoms with Crippen LogP contribution >= 0.6 is 27.5 Å². The van der Waals surface area contributed by atoms with Crippen LogP contribution in [-0.2, 0) is 6.42 Å². The number of hydrogen-bond acceptors (Lipinski definition) is 2. The van der Waals surface area contributed by atoms with Gasteiger partial charge in [0.2, 0.25) is 0 Å². The fourth-order valence-corrected chi connectivity index (χ4v) is 2.58. The first-order valence-electron chi connectivity index (χ1n) is 6.01. The molecule has 0 aromatic heterocycles. The van der Waals surface area contributed by atoms with E-state index < -0.39 is 5.97 Å². The van der Waals surface area contributed by atoms with Crippen LogP contribution in [0.1, 0.15) is 22.8 Å². The van der Waals surface area contributed by atoms with E-state index in [0.717, 1.165) is 12.0 Å². The number of aryl methyl sites for hydroxylation is 1. The maximum absolute atomic E-state index is 11.3. The van der Waals surface area contributed by atoms with Gasteiger partial charge in [-0.1, -0.05) is 24.6 Å². The molecular weight excluding hydrogens is 344 g/mol. The number of carboxylic acids is 1. The first kappa shape index (κ1) is 14.9. The molecule has 0 saturated carbocycles. The van der Waals surface area contributed by atoms with Crippen molar-refractivity contribution in [3.05, 3.63) is 57.0 Å². The Morgan fingerprint density at radius 3 is 2.75 bits per heavy atom. The Morgan fingerprint density at radius 1 is 1.35 bits per heavy atom. The monoisotopic (exact) mass is 354 g/mol. The lowest BCUT2D eigenvalue weighted by molar-refractivity contribution is 0.0693. The number of carbonyl (C=O) groups is 1. The molecule has 2 rings (SSSR count). The second-order valence-electron chi connectivity index (χ2n) is 4.13. The van der Waals surface area contributed by atoms with E-state index in [4.69, 9.17) is 16.3 Å². The third-order valence-electron chi connectivity index (χ3n) is 2.82. The summed E-state index contributed by atoms with van der Waals surface area (Å²) in [6.07, 6.45) is 0.778. The van der Waals surface area contributed by atoms with Crippen LogP contribution < -0.4 is 4.74 Å². The molecule has 0 aliphatic carbocycles. The first-order valence-corrected chi connectivity index (χ1v) is 7.18. The van der Waals surface area contributed by atoms with Crippen molar-refractivity contribution in [2.24, 2.45) is 0 Å². The molecule has 0 amide bonds. The van der Waals surface area contributed by atoms with Gasteiger partial charge in [-0.15, -0.1) is 0 Å². The van der Waals surface area contributed by atoms with E-state index in [9.17, 15) is 9.90 Å². The lowest BCUT2D eigenvalue weighted by atomic mass is 10.1. The summed E-state index contributed by atoms with van der Waals surface area (Å²) in [5.41, 5.74) is 1.05. The molecule has 0 heterocycles. The molecule has 20 heavy (non-hydrogen) atoms. The van der Waals surface area contributed by atoms with Crippen molar-refractivity contribution in [3.63, 3.8) is 0 Å². The van der Waals surface area contributed by atoms with E-state index in [1.54, 1.807) is 30.3 Å². The normalized spacial score (nSPS) is 10.3. The van der Waals surface area contributed by atoms with Gasteiger partial charge in [0.1, 0.15) is 17.1 Å². The van der Waals surface area contributed by atoms with Crippen LogP contribution in [0.5, 0.6) is 11.5 Å². The maximum atomic E-state index is 11.3. The fourth-order valence-electron chi connectivity index (χ4n) is 1.81. The lowest BCUT2D eigenvalue weighted by Crippen LogP contribution is -2.01. The third kappa shape index (κ3) is 3.14. The predicted molar refractivity (Wildman–Crippen MR) is 82.0 cm³/mol. The van der Waals surface area contributed by atoms with E-state index in [2.05, 4.69) is 15.9 Å². The fraction of sp³-hybridized carbons (Fsp3) is 0.133. The molecule has 3 nitrogen and oxygen atoms in total. The number of halogens is 2. The van der Waals surface area contributed by atoms with Crippen LogP contribution in [0.15, 0.2) is 40.9 Å². The number of rotatable bonds is 4. The summed E-state index contributed by atoms with van der Waals surface area (Å²) in [4.78, 5) is 11.3. The minimum Gasteiger partial charge on any atom is -0.478 e. The number of carboxylic acid groups (broad SMARTS) is 1. The first-order chi connectivity index (χ1) is 9.52. The van der Waals surface area contributed by atoms with E-state index in [1.807, 2.05) is 13.0 Å². The Kier molecular flexibility index (Phi) is 4.68. The van der Waals surface area contributed by atoms with Crippen molar-refractivity contribution >= 4 is 33.5 Å². The average Bonchev–Trinajstić information content (AvgIpc) is 2.40. The summed E-state index contributed by atoms with van der Waals surface area (Å²) in [5.74, 6) is -0.194. The van der Waals surface area contributed by atoms with Crippen LogP contribution in [0, 0.1) is 0 Å². The van der Waals surface area contributed by atoms with Crippen LogP contribution in [0.4, 0.5) is 0 Å². The van der Waals surface area contributed by atoms with Crippen LogP contribution in [0.2, 0.25) is 5.02 Å². The van der Waals surface area contributed by atoms with Gasteiger partial charge < -0.3 is 9.84 Å². The van der Waals surface area contributed by atoms with Crippen molar-refractivity contribution in [1.29, 1.82) is 0 Å². The number of benzene rings is 2. The molecule has 0 aliphatic heterocycles. The van der Waals surface area contributed by atoms with Crippen molar-refractivity contribution in [2.75, 3.05) is 0 Å². The van der Waals surface area contributed by atoms with Crippen LogP contribution in [-0.4, -0.2) is 11.1 Å². The predicted octanol–water partition coefficient (Wildman–Crippen LogP) is 5.16. The second kappa shape index (κ2) is 6.29. The van der Waals surface area contributed by atoms with E-state index in [0.29, 0.717) is 15.2 Å². The van der Waals surface area contributed by atoms with Crippen molar-refractivity contribution < 1.29 is 14.6 Å². The highest BCUT2D eigenvalue weighted by Crippen LogP contribution is 2.32. The highest BCUT2D eigenvalue weighted by Gasteiger charge is 2.16. The van der Waals surface area contributed by atoms with E-state index in [1.165, 1.54) is 0 Å². The highest BCUT2D eigenvalue weighted by atomic mass is 79.9. The van der Waals surface area contributed by atoms with Crippen molar-refractivity contribution in [1.82, 2.24) is 0 Å². The molecule has 0 aliphatic rings. The standard InChI is InChI=1S/C15H12BrClO3/c1-2-9-8-10(6-7-12(9)17)20-13-5-3-4-11(16)14(13)15(18)19/h3-8H,2H2,1H3,(H,18,19). The third-order valence-corrected chi connectivity index (χ3v) is 3.84. The molecule has 104 valence electrons. The van der Waals surface area contributed by atoms with Gasteiger partial charge in [0, 0.05) is 9.50 Å². The van der Waals surface area contributed by atoms with Gasteiger partial charge in [0.05, 0.1) is 0 Å². The Labute approximate surface area is 130 Å². The Bertz CT molecular complexity index is 656. The molecule has 0 bridgehead atoms. The SMILES string of the molecule is CCc1cc(Oc2cccc(Br)c2C(=O)O)ccc1Cl. The summed E-state index contributed by atoms with van der Waals surface area (Å²) >= 11 is 9.27. The Morgan fingerprint density at radius 2 is 2.10 bits per heavy atom. The van der Waals surface area contributed by atoms with Gasteiger partial charge >= 0.3 is 5.97 Å². The zero-order valence-corrected chi connectivity index (χ0v) is 13.0. The maximum Gasteiger partial charge on any atom is 0.340 e. The van der Waals surface area contributed by atoms with Gasteiger partial charge in [-0.05, 0) is 58.2 Å². The molecule has 0 spiro atoms. The summed E-state index contributed by atoms with van der Waals surface area (Å²) < 4.78 is 6.16. The van der Waals surface area contributed by atoms with Crippen molar-refractivity contribution in [3.8, 4) is 11.5 Å². The molecule has 0 unspecified atom stereocenters. The molecule has 2 aromatic carbocycles. The summed E-state index contributed by atoms with van der Waals surface area (Å²) in [5, 5.41) is 9.91. The quantitative estimate of drug-likeness (QED) is 0.824. The molecule has 0 atom stereocenters. The van der Waals surface area contributed by atoms with Gasteiger partial charge in [0.25, 0.3) is 0 Å². The topological polar surface area (TPSA) is 46.5 Å². The van der Waals surface area contributed by atoms with Gasteiger partial charge in [-0.3, -0.25) is 0 Å². The molecule has 0 saturated heterocycles. The highest BCUT2D eigenvalue weighted by molar-refractivity contribution is 9.10. The molecular formula is C15H12BrClO3. The van der Waals surface area contributed by atoms with Crippen LogP contribution in [0.3, 0.4) is 0 Å². The number of aromatic carboxylic acids is 1. The van der Waals surface area contributed by atoms with Gasteiger partial charge in [0.15, 0.2) is 0 Å².